The Kier molecular flexibility index (Phi) is 4.53. The second kappa shape index (κ2) is 6.15. The van der Waals surface area contributed by atoms with Gasteiger partial charge in [-0.05, 0) is 51.1 Å². The molecule has 1 aromatic rings. The highest BCUT2D eigenvalue weighted by molar-refractivity contribution is 5.79. The van der Waals surface area contributed by atoms with E-state index in [9.17, 15) is 9.18 Å². The fourth-order valence-corrected chi connectivity index (χ4v) is 2.55. The molecule has 0 saturated carbocycles. The SMILES string of the molecule is C[C@H](NC(=O)[C@H]1CCCN(C)C1)c1ccc(F)cc1. The molecule has 0 spiro atoms. The van der Waals surface area contributed by atoms with Crippen molar-refractivity contribution in [1.29, 1.82) is 0 Å². The van der Waals surface area contributed by atoms with Gasteiger partial charge < -0.3 is 10.2 Å². The van der Waals surface area contributed by atoms with E-state index < -0.39 is 0 Å². The number of piperidine rings is 1. The molecule has 0 unspecified atom stereocenters. The molecule has 1 aliphatic rings. The topological polar surface area (TPSA) is 32.3 Å². The summed E-state index contributed by atoms with van der Waals surface area (Å²) in [6, 6.07) is 6.19. The fourth-order valence-electron chi connectivity index (χ4n) is 2.55. The first kappa shape index (κ1) is 14.0. The molecular weight excluding hydrogens is 243 g/mol. The summed E-state index contributed by atoms with van der Waals surface area (Å²) >= 11 is 0. The Morgan fingerprint density at radius 1 is 1.42 bits per heavy atom. The number of amides is 1. The van der Waals surface area contributed by atoms with Crippen LogP contribution in [0.4, 0.5) is 4.39 Å². The predicted molar refractivity (Wildman–Crippen MR) is 73.2 cm³/mol. The molecule has 2 rings (SSSR count). The highest BCUT2D eigenvalue weighted by Crippen LogP contribution is 2.18. The van der Waals surface area contributed by atoms with Gasteiger partial charge in [-0.3, -0.25) is 4.79 Å². The molecule has 0 bridgehead atoms. The van der Waals surface area contributed by atoms with E-state index in [2.05, 4.69) is 10.2 Å². The summed E-state index contributed by atoms with van der Waals surface area (Å²) < 4.78 is 12.9. The van der Waals surface area contributed by atoms with Gasteiger partial charge in [-0.2, -0.15) is 0 Å². The number of carbonyl (C=O) groups excluding carboxylic acids is 1. The van der Waals surface area contributed by atoms with Crippen LogP contribution in [0.3, 0.4) is 0 Å². The largest absolute Gasteiger partial charge is 0.349 e. The highest BCUT2D eigenvalue weighted by atomic mass is 19.1. The zero-order chi connectivity index (χ0) is 13.8. The molecule has 1 aromatic carbocycles. The maximum Gasteiger partial charge on any atom is 0.224 e. The maximum absolute atomic E-state index is 12.9. The van der Waals surface area contributed by atoms with Crippen LogP contribution in [0.2, 0.25) is 0 Å². The molecule has 1 aliphatic heterocycles. The van der Waals surface area contributed by atoms with E-state index in [1.54, 1.807) is 12.1 Å². The van der Waals surface area contributed by atoms with Crippen molar-refractivity contribution in [3.63, 3.8) is 0 Å². The summed E-state index contributed by atoms with van der Waals surface area (Å²) in [5.74, 6) is -0.0822. The standard InChI is InChI=1S/C15H21FN2O/c1-11(12-5-7-14(16)8-6-12)17-15(19)13-4-3-9-18(2)10-13/h5-8,11,13H,3-4,9-10H2,1-2H3,(H,17,19)/t11-,13-/m0/s1. The van der Waals surface area contributed by atoms with E-state index >= 15 is 0 Å². The van der Waals surface area contributed by atoms with Gasteiger partial charge in [0.1, 0.15) is 5.82 Å². The first-order chi connectivity index (χ1) is 9.06. The summed E-state index contributed by atoms with van der Waals surface area (Å²) in [7, 11) is 2.04. The Morgan fingerprint density at radius 3 is 2.74 bits per heavy atom. The summed E-state index contributed by atoms with van der Waals surface area (Å²) in [6.45, 7) is 3.82. The van der Waals surface area contributed by atoms with Gasteiger partial charge in [-0.25, -0.2) is 4.39 Å². The smallest absolute Gasteiger partial charge is 0.224 e. The average molecular weight is 264 g/mol. The normalized spacial score (nSPS) is 21.9. The molecule has 3 nitrogen and oxygen atoms in total. The van der Waals surface area contributed by atoms with Crippen molar-refractivity contribution in [2.24, 2.45) is 5.92 Å². The van der Waals surface area contributed by atoms with Crippen molar-refractivity contribution >= 4 is 5.91 Å². The third-order valence-corrected chi connectivity index (χ3v) is 3.72. The van der Waals surface area contributed by atoms with Crippen LogP contribution in [0.15, 0.2) is 24.3 Å². The van der Waals surface area contributed by atoms with Crippen LogP contribution >= 0.6 is 0 Å². The van der Waals surface area contributed by atoms with Gasteiger partial charge in [0.15, 0.2) is 0 Å². The molecule has 1 N–H and O–H groups in total. The lowest BCUT2D eigenvalue weighted by molar-refractivity contribution is -0.127. The van der Waals surface area contributed by atoms with Gasteiger partial charge in [0, 0.05) is 6.54 Å². The van der Waals surface area contributed by atoms with E-state index in [0.29, 0.717) is 0 Å². The Morgan fingerprint density at radius 2 is 2.11 bits per heavy atom. The maximum atomic E-state index is 12.9. The summed E-state index contributed by atoms with van der Waals surface area (Å²) in [5.41, 5.74) is 0.930. The van der Waals surface area contributed by atoms with E-state index in [-0.39, 0.29) is 23.7 Å². The lowest BCUT2D eigenvalue weighted by Gasteiger charge is -2.29. The van der Waals surface area contributed by atoms with Crippen molar-refractivity contribution in [2.45, 2.75) is 25.8 Å². The zero-order valence-electron chi connectivity index (χ0n) is 11.5. The molecule has 19 heavy (non-hydrogen) atoms. The number of carbonyl (C=O) groups is 1. The minimum atomic E-state index is -0.254. The molecule has 1 heterocycles. The third kappa shape index (κ3) is 3.77. The molecule has 104 valence electrons. The minimum absolute atomic E-state index is 0.0710. The van der Waals surface area contributed by atoms with Gasteiger partial charge in [0.2, 0.25) is 5.91 Å². The van der Waals surface area contributed by atoms with Crippen molar-refractivity contribution in [3.05, 3.63) is 35.6 Å². The first-order valence-electron chi connectivity index (χ1n) is 6.80. The highest BCUT2D eigenvalue weighted by Gasteiger charge is 2.24. The lowest BCUT2D eigenvalue weighted by Crippen LogP contribution is -2.42. The predicted octanol–water partition coefficient (Wildman–Crippen LogP) is 2.34. The molecule has 0 aromatic heterocycles. The number of nitrogens with zero attached hydrogens (tertiary/aromatic N) is 1. The summed E-state index contributed by atoms with van der Waals surface area (Å²) in [4.78, 5) is 14.4. The van der Waals surface area contributed by atoms with Gasteiger partial charge in [-0.15, -0.1) is 0 Å². The van der Waals surface area contributed by atoms with Crippen molar-refractivity contribution in [2.75, 3.05) is 20.1 Å². The van der Waals surface area contributed by atoms with E-state index in [1.807, 2.05) is 14.0 Å². The van der Waals surface area contributed by atoms with Crippen LogP contribution in [0.1, 0.15) is 31.4 Å². The number of nitrogens with one attached hydrogen (secondary N) is 1. The molecule has 2 atom stereocenters. The fraction of sp³-hybridized carbons (Fsp3) is 0.533. The molecule has 1 saturated heterocycles. The number of likely N-dealkylation sites (tertiary alicyclic amines) is 1. The average Bonchev–Trinajstić information content (AvgIpc) is 2.39. The van der Waals surface area contributed by atoms with Crippen molar-refractivity contribution in [1.82, 2.24) is 10.2 Å². The van der Waals surface area contributed by atoms with Crippen LogP contribution in [0, 0.1) is 11.7 Å². The number of benzene rings is 1. The minimum Gasteiger partial charge on any atom is -0.349 e. The van der Waals surface area contributed by atoms with Crippen LogP contribution in [0.5, 0.6) is 0 Å². The number of hydrogen-bond donors (Lipinski definition) is 1. The molecule has 0 radical (unpaired) electrons. The van der Waals surface area contributed by atoms with E-state index in [1.165, 1.54) is 12.1 Å². The van der Waals surface area contributed by atoms with Crippen LogP contribution in [-0.2, 0) is 4.79 Å². The van der Waals surface area contributed by atoms with Crippen LogP contribution in [-0.4, -0.2) is 30.9 Å². The monoisotopic (exact) mass is 264 g/mol. The molecule has 1 fully saturated rings. The second-order valence-electron chi connectivity index (χ2n) is 5.38. The lowest BCUT2D eigenvalue weighted by atomic mass is 9.97. The van der Waals surface area contributed by atoms with Crippen LogP contribution < -0.4 is 5.32 Å². The summed E-state index contributed by atoms with van der Waals surface area (Å²) in [5, 5.41) is 3.02. The van der Waals surface area contributed by atoms with Gasteiger partial charge >= 0.3 is 0 Å². The van der Waals surface area contributed by atoms with Crippen molar-refractivity contribution in [3.8, 4) is 0 Å². The number of halogens is 1. The first-order valence-corrected chi connectivity index (χ1v) is 6.80. The van der Waals surface area contributed by atoms with Gasteiger partial charge in [-0.1, -0.05) is 12.1 Å². The molecule has 4 heteroatoms. The van der Waals surface area contributed by atoms with E-state index in [4.69, 9.17) is 0 Å². The van der Waals surface area contributed by atoms with Crippen molar-refractivity contribution < 1.29 is 9.18 Å². The zero-order valence-corrected chi connectivity index (χ0v) is 11.5. The molecule has 1 amide bonds. The van der Waals surface area contributed by atoms with Crippen LogP contribution in [0.25, 0.3) is 0 Å². The Bertz CT molecular complexity index is 432. The quantitative estimate of drug-likeness (QED) is 0.909. The Labute approximate surface area is 113 Å². The van der Waals surface area contributed by atoms with E-state index in [0.717, 1.165) is 31.5 Å². The molecular formula is C15H21FN2O. The van der Waals surface area contributed by atoms with Gasteiger partial charge in [0.05, 0.1) is 12.0 Å². The number of hydrogen-bond acceptors (Lipinski definition) is 2. The Balaban J connectivity index is 1.92. The molecule has 0 aliphatic carbocycles. The third-order valence-electron chi connectivity index (χ3n) is 3.72. The Hall–Kier alpha value is -1.42. The van der Waals surface area contributed by atoms with Gasteiger partial charge in [0.25, 0.3) is 0 Å². The summed E-state index contributed by atoms with van der Waals surface area (Å²) in [6.07, 6.45) is 2.02. The number of rotatable bonds is 3. The second-order valence-corrected chi connectivity index (χ2v) is 5.38.